The van der Waals surface area contributed by atoms with E-state index in [0.717, 1.165) is 59.1 Å². The van der Waals surface area contributed by atoms with Crippen molar-refractivity contribution in [2.24, 2.45) is 0 Å². The van der Waals surface area contributed by atoms with Crippen LogP contribution in [0.15, 0.2) is 53.7 Å². The van der Waals surface area contributed by atoms with Gasteiger partial charge < -0.3 is 9.47 Å². The molecule has 146 valence electrons. The van der Waals surface area contributed by atoms with Crippen LogP contribution in [0.4, 0.5) is 0 Å². The van der Waals surface area contributed by atoms with E-state index >= 15 is 0 Å². The van der Waals surface area contributed by atoms with Crippen molar-refractivity contribution >= 4 is 23.4 Å². The van der Waals surface area contributed by atoms with E-state index in [4.69, 9.17) is 21.1 Å². The molecule has 1 aliphatic rings. The average molecular weight is 416 g/mol. The molecule has 4 rings (SSSR count). The standard InChI is InChI=1S/C21H22ClN3O2S/c1-26-18-10-6-16(7-11-18)20-23-24-21(25(20)13-19-3-2-12-27-19)28-14-15-4-8-17(22)9-5-15/h4-11,19H,2-3,12-14H2,1H3. The quantitative estimate of drug-likeness (QED) is 0.504. The van der Waals surface area contributed by atoms with Crippen molar-refractivity contribution in [3.63, 3.8) is 0 Å². The molecule has 1 fully saturated rings. The van der Waals surface area contributed by atoms with E-state index in [-0.39, 0.29) is 6.10 Å². The zero-order chi connectivity index (χ0) is 19.3. The molecule has 3 aromatic rings. The molecule has 0 saturated carbocycles. The number of rotatable bonds is 7. The normalized spacial score (nSPS) is 16.4. The molecule has 0 radical (unpaired) electrons. The molecule has 1 aliphatic heterocycles. The molecule has 2 heterocycles. The van der Waals surface area contributed by atoms with Gasteiger partial charge in [0.1, 0.15) is 5.75 Å². The number of benzene rings is 2. The highest BCUT2D eigenvalue weighted by molar-refractivity contribution is 7.98. The number of halogens is 1. The fourth-order valence-corrected chi connectivity index (χ4v) is 4.26. The van der Waals surface area contributed by atoms with Crippen LogP contribution in [0.1, 0.15) is 18.4 Å². The summed E-state index contributed by atoms with van der Waals surface area (Å²) in [6.45, 7) is 1.59. The van der Waals surface area contributed by atoms with Crippen LogP contribution in [0.3, 0.4) is 0 Å². The lowest BCUT2D eigenvalue weighted by Gasteiger charge is -2.15. The van der Waals surface area contributed by atoms with Crippen LogP contribution >= 0.6 is 23.4 Å². The highest BCUT2D eigenvalue weighted by Gasteiger charge is 2.21. The second-order valence-electron chi connectivity index (χ2n) is 6.70. The first kappa shape index (κ1) is 19.3. The predicted octanol–water partition coefficient (Wildman–Crippen LogP) is 5.08. The van der Waals surface area contributed by atoms with Gasteiger partial charge in [-0.05, 0) is 54.8 Å². The summed E-state index contributed by atoms with van der Waals surface area (Å²) in [7, 11) is 1.67. The summed E-state index contributed by atoms with van der Waals surface area (Å²) in [5, 5.41) is 10.6. The minimum Gasteiger partial charge on any atom is -0.497 e. The van der Waals surface area contributed by atoms with E-state index < -0.39 is 0 Å². The Labute approximate surface area is 174 Å². The van der Waals surface area contributed by atoms with Crippen LogP contribution in [-0.4, -0.2) is 34.6 Å². The predicted molar refractivity (Wildman–Crippen MR) is 112 cm³/mol. The second-order valence-corrected chi connectivity index (χ2v) is 8.07. The third-order valence-electron chi connectivity index (χ3n) is 4.76. The molecule has 1 unspecified atom stereocenters. The van der Waals surface area contributed by atoms with E-state index in [0.29, 0.717) is 0 Å². The lowest BCUT2D eigenvalue weighted by molar-refractivity contribution is 0.0953. The molecule has 0 aliphatic carbocycles. The van der Waals surface area contributed by atoms with Gasteiger partial charge in [0.25, 0.3) is 0 Å². The maximum absolute atomic E-state index is 5.99. The smallest absolute Gasteiger partial charge is 0.191 e. The van der Waals surface area contributed by atoms with Crippen LogP contribution in [0.2, 0.25) is 5.02 Å². The van der Waals surface area contributed by atoms with Crippen molar-refractivity contribution in [2.45, 2.75) is 36.4 Å². The number of aromatic nitrogens is 3. The van der Waals surface area contributed by atoms with Gasteiger partial charge in [-0.1, -0.05) is 35.5 Å². The van der Waals surface area contributed by atoms with Gasteiger partial charge in [-0.2, -0.15) is 0 Å². The summed E-state index contributed by atoms with van der Waals surface area (Å²) in [6, 6.07) is 15.8. The zero-order valence-corrected chi connectivity index (χ0v) is 17.2. The first-order valence-corrected chi connectivity index (χ1v) is 10.7. The zero-order valence-electron chi connectivity index (χ0n) is 15.7. The molecule has 0 amide bonds. The summed E-state index contributed by atoms with van der Waals surface area (Å²) in [5.74, 6) is 2.49. The van der Waals surface area contributed by atoms with Gasteiger partial charge in [-0.3, -0.25) is 4.57 Å². The van der Waals surface area contributed by atoms with E-state index in [1.54, 1.807) is 18.9 Å². The van der Waals surface area contributed by atoms with E-state index in [9.17, 15) is 0 Å². The summed E-state index contributed by atoms with van der Waals surface area (Å²) in [4.78, 5) is 0. The molecule has 7 heteroatoms. The molecule has 0 N–H and O–H groups in total. The Morgan fingerprint density at radius 2 is 1.93 bits per heavy atom. The molecule has 0 bridgehead atoms. The first-order valence-electron chi connectivity index (χ1n) is 9.29. The lowest BCUT2D eigenvalue weighted by atomic mass is 10.2. The molecule has 1 aromatic heterocycles. The van der Waals surface area contributed by atoms with Gasteiger partial charge in [0.15, 0.2) is 11.0 Å². The highest BCUT2D eigenvalue weighted by Crippen LogP contribution is 2.29. The topological polar surface area (TPSA) is 49.2 Å². The lowest BCUT2D eigenvalue weighted by Crippen LogP contribution is -2.16. The monoisotopic (exact) mass is 415 g/mol. The molecule has 5 nitrogen and oxygen atoms in total. The van der Waals surface area contributed by atoms with Gasteiger partial charge in [0, 0.05) is 22.9 Å². The fourth-order valence-electron chi connectivity index (χ4n) is 3.23. The summed E-state index contributed by atoms with van der Waals surface area (Å²) < 4.78 is 13.3. The molecule has 1 atom stereocenters. The summed E-state index contributed by atoms with van der Waals surface area (Å²) in [5.41, 5.74) is 2.22. The minimum atomic E-state index is 0.211. The van der Waals surface area contributed by atoms with Gasteiger partial charge in [-0.15, -0.1) is 10.2 Å². The number of nitrogens with zero attached hydrogens (tertiary/aromatic N) is 3. The molecule has 2 aromatic carbocycles. The van der Waals surface area contributed by atoms with Gasteiger partial charge in [-0.25, -0.2) is 0 Å². The number of hydrogen-bond acceptors (Lipinski definition) is 5. The maximum Gasteiger partial charge on any atom is 0.191 e. The number of methoxy groups -OCH3 is 1. The van der Waals surface area contributed by atoms with Crippen molar-refractivity contribution in [1.82, 2.24) is 14.8 Å². The van der Waals surface area contributed by atoms with Crippen molar-refractivity contribution in [3.8, 4) is 17.1 Å². The Morgan fingerprint density at radius 1 is 1.14 bits per heavy atom. The van der Waals surface area contributed by atoms with Crippen molar-refractivity contribution in [1.29, 1.82) is 0 Å². The summed E-state index contributed by atoms with van der Waals surface area (Å²) in [6.07, 6.45) is 2.39. The van der Waals surface area contributed by atoms with Gasteiger partial charge in [0.05, 0.1) is 19.8 Å². The van der Waals surface area contributed by atoms with Crippen LogP contribution in [0.5, 0.6) is 5.75 Å². The van der Waals surface area contributed by atoms with Gasteiger partial charge >= 0.3 is 0 Å². The molecular weight excluding hydrogens is 394 g/mol. The molecular formula is C21H22ClN3O2S. The SMILES string of the molecule is COc1ccc(-c2nnc(SCc3ccc(Cl)cc3)n2CC2CCCO2)cc1. The van der Waals surface area contributed by atoms with Gasteiger partial charge in [0.2, 0.25) is 0 Å². The minimum absolute atomic E-state index is 0.211. The Hall–Kier alpha value is -2.02. The highest BCUT2D eigenvalue weighted by atomic mass is 35.5. The largest absolute Gasteiger partial charge is 0.497 e. The molecule has 1 saturated heterocycles. The average Bonchev–Trinajstić information content (AvgIpc) is 3.38. The Morgan fingerprint density at radius 3 is 2.61 bits per heavy atom. The Balaban J connectivity index is 1.59. The van der Waals surface area contributed by atoms with Crippen LogP contribution in [0.25, 0.3) is 11.4 Å². The van der Waals surface area contributed by atoms with Crippen LogP contribution in [-0.2, 0) is 17.0 Å². The van der Waals surface area contributed by atoms with E-state index in [1.165, 1.54) is 5.56 Å². The number of thioether (sulfide) groups is 1. The Kier molecular flexibility index (Phi) is 6.20. The van der Waals surface area contributed by atoms with E-state index in [1.807, 2.05) is 48.5 Å². The Bertz CT molecular complexity index is 906. The van der Waals surface area contributed by atoms with Crippen molar-refractivity contribution in [3.05, 3.63) is 59.1 Å². The van der Waals surface area contributed by atoms with Crippen LogP contribution in [0, 0.1) is 0 Å². The molecule has 0 spiro atoms. The fraction of sp³-hybridized carbons (Fsp3) is 0.333. The first-order chi connectivity index (χ1) is 13.7. The third-order valence-corrected chi connectivity index (χ3v) is 6.05. The second kappa shape index (κ2) is 8.99. The number of ether oxygens (including phenoxy) is 2. The third kappa shape index (κ3) is 4.51. The maximum atomic E-state index is 5.99. The number of hydrogen-bond donors (Lipinski definition) is 0. The van der Waals surface area contributed by atoms with Crippen molar-refractivity contribution < 1.29 is 9.47 Å². The van der Waals surface area contributed by atoms with Crippen molar-refractivity contribution in [2.75, 3.05) is 13.7 Å². The van der Waals surface area contributed by atoms with Crippen LogP contribution < -0.4 is 4.74 Å². The summed E-state index contributed by atoms with van der Waals surface area (Å²) >= 11 is 7.66. The molecule has 28 heavy (non-hydrogen) atoms. The van der Waals surface area contributed by atoms with E-state index in [2.05, 4.69) is 14.8 Å².